The third-order valence-electron chi connectivity index (χ3n) is 5.65. The Morgan fingerprint density at radius 1 is 1.18 bits per heavy atom. The molecule has 7 heteroatoms. The van der Waals surface area contributed by atoms with E-state index < -0.39 is 23.2 Å². The fraction of sp³-hybridized carbons (Fsp3) is 0.571. The van der Waals surface area contributed by atoms with E-state index in [4.69, 9.17) is 21.1 Å². The second-order valence-corrected chi connectivity index (χ2v) is 7.88. The van der Waals surface area contributed by atoms with E-state index in [1.54, 1.807) is 0 Å². The highest BCUT2D eigenvalue weighted by Gasteiger charge is 2.66. The average Bonchev–Trinajstić information content (AvgIpc) is 3.47. The Kier molecular flexibility index (Phi) is 6.73. The highest BCUT2D eigenvalue weighted by molar-refractivity contribution is 6.28. The molecule has 2 amide bonds. The van der Waals surface area contributed by atoms with Crippen molar-refractivity contribution in [3.8, 4) is 0 Å². The molecular weight excluding hydrogens is 382 g/mol. The zero-order chi connectivity index (χ0) is 20.0. The van der Waals surface area contributed by atoms with Crippen molar-refractivity contribution in [2.24, 2.45) is 0 Å². The number of carbonyl (C=O) groups is 3. The average molecular weight is 408 g/mol. The van der Waals surface area contributed by atoms with Gasteiger partial charge in [-0.05, 0) is 37.7 Å². The molecule has 1 aliphatic carbocycles. The lowest BCUT2D eigenvalue weighted by Crippen LogP contribution is -2.55. The molecule has 2 aliphatic rings. The number of hydrogen-bond donors (Lipinski definition) is 1. The number of halogens is 1. The minimum Gasteiger partial charge on any atom is -0.439 e. The number of benzene rings is 1. The van der Waals surface area contributed by atoms with Crippen LogP contribution in [0.3, 0.4) is 0 Å². The molecule has 1 aliphatic heterocycles. The predicted molar refractivity (Wildman–Crippen MR) is 104 cm³/mol. The Bertz CT molecular complexity index is 719. The van der Waals surface area contributed by atoms with Crippen molar-refractivity contribution in [2.45, 2.75) is 62.6 Å². The first-order valence-electron chi connectivity index (χ1n) is 9.77. The molecule has 0 bridgehead atoms. The van der Waals surface area contributed by atoms with Gasteiger partial charge in [0.2, 0.25) is 5.91 Å². The van der Waals surface area contributed by atoms with Crippen LogP contribution in [0, 0.1) is 0 Å². The Hall–Kier alpha value is -1.92. The van der Waals surface area contributed by atoms with E-state index in [1.165, 1.54) is 5.56 Å². The summed E-state index contributed by atoms with van der Waals surface area (Å²) in [5.41, 5.74) is -0.310. The van der Waals surface area contributed by atoms with E-state index in [0.717, 1.165) is 25.7 Å². The van der Waals surface area contributed by atoms with E-state index in [1.807, 2.05) is 18.2 Å². The van der Waals surface area contributed by atoms with Crippen LogP contribution in [-0.2, 0) is 25.5 Å². The molecule has 2 atom stereocenters. The van der Waals surface area contributed by atoms with Gasteiger partial charge in [0.05, 0.1) is 6.61 Å². The smallest absolute Gasteiger partial charge is 0.414 e. The molecule has 0 aromatic heterocycles. The monoisotopic (exact) mass is 407 g/mol. The summed E-state index contributed by atoms with van der Waals surface area (Å²) in [6, 6.07) is 10.3. The van der Waals surface area contributed by atoms with Gasteiger partial charge in [0.15, 0.2) is 5.60 Å². The van der Waals surface area contributed by atoms with Crippen LogP contribution in [0.1, 0.15) is 50.5 Å². The summed E-state index contributed by atoms with van der Waals surface area (Å²) in [4.78, 5) is 35.8. The number of hydrogen-bond acceptors (Lipinski definition) is 5. The number of alkyl halides is 1. The number of aryl methyl sites for hydroxylation is 1. The number of amides is 2. The lowest BCUT2D eigenvalue weighted by molar-refractivity contribution is -0.137. The van der Waals surface area contributed by atoms with Crippen LogP contribution in [0.5, 0.6) is 0 Å². The van der Waals surface area contributed by atoms with Crippen LogP contribution in [0.15, 0.2) is 30.3 Å². The van der Waals surface area contributed by atoms with Crippen LogP contribution < -0.4 is 5.32 Å². The van der Waals surface area contributed by atoms with Gasteiger partial charge in [-0.25, -0.2) is 4.79 Å². The molecule has 1 saturated heterocycles. The van der Waals surface area contributed by atoms with Crippen LogP contribution >= 0.6 is 11.6 Å². The number of ether oxygens (including phenoxy) is 2. The Morgan fingerprint density at radius 2 is 1.93 bits per heavy atom. The van der Waals surface area contributed by atoms with E-state index in [9.17, 15) is 14.4 Å². The van der Waals surface area contributed by atoms with Crippen molar-refractivity contribution in [1.29, 1.82) is 0 Å². The number of alkyl carbamates (subject to hydrolysis) is 1. The fourth-order valence-corrected chi connectivity index (χ4v) is 4.11. The molecule has 0 radical (unpaired) electrons. The molecule has 1 heterocycles. The van der Waals surface area contributed by atoms with Gasteiger partial charge in [-0.2, -0.15) is 0 Å². The number of ketones is 1. The summed E-state index contributed by atoms with van der Waals surface area (Å²) in [5.74, 6) is -0.901. The normalized spacial score (nSPS) is 26.1. The zero-order valence-electron chi connectivity index (χ0n) is 15.9. The summed E-state index contributed by atoms with van der Waals surface area (Å²) in [6.45, 7) is 0.473. The maximum Gasteiger partial charge on any atom is 0.414 e. The van der Waals surface area contributed by atoms with Crippen LogP contribution in [0.4, 0.5) is 4.79 Å². The summed E-state index contributed by atoms with van der Waals surface area (Å²) < 4.78 is 11.4. The van der Waals surface area contributed by atoms with Crippen molar-refractivity contribution >= 4 is 29.4 Å². The Balaban J connectivity index is 1.59. The van der Waals surface area contributed by atoms with E-state index >= 15 is 0 Å². The van der Waals surface area contributed by atoms with Crippen molar-refractivity contribution in [2.75, 3.05) is 12.5 Å². The second-order valence-electron chi connectivity index (χ2n) is 7.61. The molecule has 28 heavy (non-hydrogen) atoms. The van der Waals surface area contributed by atoms with Gasteiger partial charge < -0.3 is 9.47 Å². The van der Waals surface area contributed by atoms with E-state index in [-0.39, 0.29) is 18.1 Å². The number of nitrogens with one attached hydrogen (secondary N) is 1. The van der Waals surface area contributed by atoms with Crippen molar-refractivity contribution in [1.82, 2.24) is 5.32 Å². The SMILES string of the molecule is O=C1CC[C@]2(CO2)[C@](CCCCCc2ccccc2)(OC(=O)NC(=O)CCl)C1. The number of unbranched alkanes of at least 4 members (excludes halogenated alkanes) is 2. The predicted octanol–water partition coefficient (Wildman–Crippen LogP) is 3.54. The summed E-state index contributed by atoms with van der Waals surface area (Å²) in [7, 11) is 0. The standard InChI is InChI=1S/C21H26ClNO5/c22-14-18(25)23-19(26)28-20(13-17(24)10-12-21(20)15-27-21)11-6-2-5-9-16-7-3-1-4-8-16/h1,3-4,7-8H,2,5-6,9-15H2,(H,23,25,26)/t20-,21+/m1/s1. The van der Waals surface area contributed by atoms with Crippen LogP contribution in [-0.4, -0.2) is 41.5 Å². The molecule has 152 valence electrons. The Labute approximate surface area is 169 Å². The zero-order valence-corrected chi connectivity index (χ0v) is 16.6. The molecular formula is C21H26ClNO5. The number of epoxide rings is 1. The molecule has 1 spiro atoms. The third kappa shape index (κ3) is 4.92. The molecule has 1 aromatic rings. The summed E-state index contributed by atoms with van der Waals surface area (Å²) in [6.07, 6.45) is 4.55. The van der Waals surface area contributed by atoms with Crippen molar-refractivity contribution < 1.29 is 23.9 Å². The van der Waals surface area contributed by atoms with Gasteiger partial charge in [-0.1, -0.05) is 36.8 Å². The number of imide groups is 1. The minimum atomic E-state index is -1.01. The first-order valence-corrected chi connectivity index (χ1v) is 10.3. The molecule has 0 unspecified atom stereocenters. The summed E-state index contributed by atoms with van der Waals surface area (Å²) in [5, 5.41) is 2.11. The first kappa shape index (κ1) is 20.8. The Morgan fingerprint density at radius 3 is 2.61 bits per heavy atom. The number of Topliss-reactive ketones (excluding diaryl/α,β-unsaturated/α-hetero) is 1. The number of rotatable bonds is 8. The third-order valence-corrected chi connectivity index (χ3v) is 5.90. The topological polar surface area (TPSA) is 85.0 Å². The van der Waals surface area contributed by atoms with Crippen LogP contribution in [0.25, 0.3) is 0 Å². The van der Waals surface area contributed by atoms with E-state index in [2.05, 4.69) is 17.4 Å². The second kappa shape index (κ2) is 9.05. The molecule has 1 saturated carbocycles. The molecule has 1 aromatic carbocycles. The first-order chi connectivity index (χ1) is 13.5. The van der Waals surface area contributed by atoms with E-state index in [0.29, 0.717) is 25.9 Å². The maximum absolute atomic E-state index is 12.2. The molecule has 1 N–H and O–H groups in total. The van der Waals surface area contributed by atoms with Gasteiger partial charge in [0, 0.05) is 12.8 Å². The largest absolute Gasteiger partial charge is 0.439 e. The van der Waals surface area contributed by atoms with Gasteiger partial charge in [0.1, 0.15) is 17.3 Å². The lowest BCUT2D eigenvalue weighted by Gasteiger charge is -2.41. The van der Waals surface area contributed by atoms with Gasteiger partial charge in [-0.3, -0.25) is 14.9 Å². The van der Waals surface area contributed by atoms with Gasteiger partial charge >= 0.3 is 6.09 Å². The molecule has 6 nitrogen and oxygen atoms in total. The highest BCUT2D eigenvalue weighted by atomic mass is 35.5. The molecule has 2 fully saturated rings. The summed E-state index contributed by atoms with van der Waals surface area (Å²) >= 11 is 5.44. The van der Waals surface area contributed by atoms with Crippen molar-refractivity contribution in [3.05, 3.63) is 35.9 Å². The van der Waals surface area contributed by atoms with Crippen LogP contribution in [0.2, 0.25) is 0 Å². The quantitative estimate of drug-likeness (QED) is 0.404. The van der Waals surface area contributed by atoms with Gasteiger partial charge in [-0.15, -0.1) is 11.6 Å². The lowest BCUT2D eigenvalue weighted by atomic mass is 9.71. The number of carbonyl (C=O) groups excluding carboxylic acids is 3. The van der Waals surface area contributed by atoms with Crippen molar-refractivity contribution in [3.63, 3.8) is 0 Å². The highest BCUT2D eigenvalue weighted by Crippen LogP contribution is 2.52. The van der Waals surface area contributed by atoms with Gasteiger partial charge in [0.25, 0.3) is 0 Å². The molecule has 3 rings (SSSR count). The fourth-order valence-electron chi connectivity index (χ4n) is 4.04. The maximum atomic E-state index is 12.2. The minimum absolute atomic E-state index is 0.0573.